The fraction of sp³-hybridized carbons (Fsp3) is 0.273. The second-order valence-electron chi connectivity index (χ2n) is 7.50. The minimum atomic E-state index is -0.154. The minimum absolute atomic E-state index is 0.154. The van der Waals surface area contributed by atoms with Crippen molar-refractivity contribution in [1.82, 2.24) is 34.5 Å². The molecule has 4 rings (SSSR count). The average Bonchev–Trinajstić information content (AvgIpc) is 3.27. The third-order valence-electron chi connectivity index (χ3n) is 4.91. The topological polar surface area (TPSA) is 103 Å². The number of nitrogens with one attached hydrogen (secondary N) is 1. The molecule has 31 heavy (non-hydrogen) atoms. The molecular weight excluding hydrogens is 392 g/mol. The first-order valence-corrected chi connectivity index (χ1v) is 9.99. The van der Waals surface area contributed by atoms with Crippen molar-refractivity contribution in [3.8, 4) is 5.95 Å². The monoisotopic (exact) mass is 416 g/mol. The van der Waals surface area contributed by atoms with E-state index >= 15 is 0 Å². The zero-order valence-electron chi connectivity index (χ0n) is 18.0. The van der Waals surface area contributed by atoms with Crippen molar-refractivity contribution in [1.29, 1.82) is 0 Å². The van der Waals surface area contributed by atoms with Crippen LogP contribution in [0.3, 0.4) is 0 Å². The number of aromatic nitrogens is 7. The van der Waals surface area contributed by atoms with Crippen LogP contribution in [0.25, 0.3) is 5.95 Å². The van der Waals surface area contributed by atoms with Crippen molar-refractivity contribution in [3.63, 3.8) is 0 Å². The number of nitrogens with zero attached hydrogens (tertiary/aromatic N) is 7. The number of rotatable bonds is 6. The van der Waals surface area contributed by atoms with Crippen molar-refractivity contribution in [2.24, 2.45) is 0 Å². The number of amides is 1. The first-order valence-electron chi connectivity index (χ1n) is 9.99. The Morgan fingerprint density at radius 3 is 2.55 bits per heavy atom. The number of aryl methyl sites for hydroxylation is 3. The third kappa shape index (κ3) is 4.66. The number of hydrogen-bond acceptors (Lipinski definition) is 6. The summed E-state index contributed by atoms with van der Waals surface area (Å²) in [5.74, 6) is 0.867. The number of carbonyl (C=O) groups is 1. The van der Waals surface area contributed by atoms with Gasteiger partial charge in [0.25, 0.3) is 5.95 Å². The molecule has 0 fully saturated rings. The van der Waals surface area contributed by atoms with Crippen LogP contribution in [0.15, 0.2) is 42.9 Å². The third-order valence-corrected chi connectivity index (χ3v) is 4.91. The Bertz CT molecular complexity index is 1210. The van der Waals surface area contributed by atoms with Gasteiger partial charge in [-0.05, 0) is 45.4 Å². The lowest BCUT2D eigenvalue weighted by molar-refractivity contribution is -0.115. The predicted molar refractivity (Wildman–Crippen MR) is 116 cm³/mol. The maximum atomic E-state index is 12.7. The normalized spacial score (nSPS) is 11.0. The zero-order chi connectivity index (χ0) is 22.0. The van der Waals surface area contributed by atoms with E-state index in [9.17, 15) is 4.79 Å². The van der Waals surface area contributed by atoms with Crippen LogP contribution in [0.5, 0.6) is 0 Å². The molecule has 9 nitrogen and oxygen atoms in total. The molecule has 4 aromatic heterocycles. The SMILES string of the molecule is Cc1cc(C)nc(-n2nc(C)c(CC(=O)Nc3ccn(Cc4cccnc4)n3)c2C)n1. The zero-order valence-corrected chi connectivity index (χ0v) is 18.0. The summed E-state index contributed by atoms with van der Waals surface area (Å²) in [6, 6.07) is 7.56. The summed E-state index contributed by atoms with van der Waals surface area (Å²) in [7, 11) is 0. The van der Waals surface area contributed by atoms with Crippen LogP contribution >= 0.6 is 0 Å². The molecule has 0 spiro atoms. The van der Waals surface area contributed by atoms with E-state index in [-0.39, 0.29) is 12.3 Å². The van der Waals surface area contributed by atoms with Crippen molar-refractivity contribution in [2.45, 2.75) is 40.7 Å². The summed E-state index contributed by atoms with van der Waals surface area (Å²) in [5.41, 5.74) is 5.26. The summed E-state index contributed by atoms with van der Waals surface area (Å²) in [4.78, 5) is 25.7. The van der Waals surface area contributed by atoms with Gasteiger partial charge in [-0.2, -0.15) is 10.2 Å². The smallest absolute Gasteiger partial charge is 0.251 e. The van der Waals surface area contributed by atoms with Crippen LogP contribution in [0.2, 0.25) is 0 Å². The van der Waals surface area contributed by atoms with Crippen LogP contribution in [0.4, 0.5) is 5.82 Å². The largest absolute Gasteiger partial charge is 0.309 e. The molecule has 0 radical (unpaired) electrons. The van der Waals surface area contributed by atoms with E-state index < -0.39 is 0 Å². The number of pyridine rings is 1. The molecule has 158 valence electrons. The predicted octanol–water partition coefficient (Wildman–Crippen LogP) is 2.72. The highest BCUT2D eigenvalue weighted by atomic mass is 16.1. The van der Waals surface area contributed by atoms with E-state index in [0.717, 1.165) is 33.9 Å². The van der Waals surface area contributed by atoms with Gasteiger partial charge in [-0.1, -0.05) is 6.07 Å². The lowest BCUT2D eigenvalue weighted by atomic mass is 10.1. The summed E-state index contributed by atoms with van der Waals surface area (Å²) < 4.78 is 3.46. The van der Waals surface area contributed by atoms with Gasteiger partial charge in [0.05, 0.1) is 18.7 Å². The van der Waals surface area contributed by atoms with Crippen LogP contribution < -0.4 is 5.32 Å². The molecule has 9 heteroatoms. The van der Waals surface area contributed by atoms with Gasteiger partial charge in [-0.15, -0.1) is 0 Å². The van der Waals surface area contributed by atoms with Crippen molar-refractivity contribution in [2.75, 3.05) is 5.32 Å². The Morgan fingerprint density at radius 1 is 1.06 bits per heavy atom. The van der Waals surface area contributed by atoms with Crippen LogP contribution in [-0.2, 0) is 17.8 Å². The van der Waals surface area contributed by atoms with Crippen molar-refractivity contribution >= 4 is 11.7 Å². The quantitative estimate of drug-likeness (QED) is 0.518. The van der Waals surface area contributed by atoms with E-state index in [1.54, 1.807) is 27.8 Å². The molecule has 0 aliphatic heterocycles. The molecule has 0 aromatic carbocycles. The highest BCUT2D eigenvalue weighted by Crippen LogP contribution is 2.18. The Balaban J connectivity index is 1.46. The summed E-state index contributed by atoms with van der Waals surface area (Å²) in [6.45, 7) is 8.24. The summed E-state index contributed by atoms with van der Waals surface area (Å²) in [5, 5.41) is 11.8. The van der Waals surface area contributed by atoms with Gasteiger partial charge in [0.2, 0.25) is 5.91 Å². The Hall–Kier alpha value is -3.88. The molecular formula is C22H24N8O. The fourth-order valence-electron chi connectivity index (χ4n) is 3.47. The first-order chi connectivity index (χ1) is 14.9. The average molecular weight is 416 g/mol. The molecule has 0 saturated heterocycles. The van der Waals surface area contributed by atoms with Gasteiger partial charge in [-0.25, -0.2) is 14.6 Å². The van der Waals surface area contributed by atoms with Gasteiger partial charge in [0.1, 0.15) is 0 Å². The summed E-state index contributed by atoms with van der Waals surface area (Å²) in [6.07, 6.45) is 5.55. The second kappa shape index (κ2) is 8.47. The van der Waals surface area contributed by atoms with Crippen molar-refractivity contribution < 1.29 is 4.79 Å². The van der Waals surface area contributed by atoms with Crippen LogP contribution in [-0.4, -0.2) is 40.4 Å². The summed E-state index contributed by atoms with van der Waals surface area (Å²) >= 11 is 0. The highest BCUT2D eigenvalue weighted by molar-refractivity contribution is 5.91. The molecule has 0 saturated carbocycles. The van der Waals surface area contributed by atoms with Crippen LogP contribution in [0.1, 0.15) is 33.9 Å². The van der Waals surface area contributed by atoms with Crippen LogP contribution in [0, 0.1) is 27.7 Å². The molecule has 4 aromatic rings. The second-order valence-corrected chi connectivity index (χ2v) is 7.50. The molecule has 0 bridgehead atoms. The molecule has 0 atom stereocenters. The molecule has 0 aliphatic carbocycles. The lowest BCUT2D eigenvalue weighted by Crippen LogP contribution is -2.16. The highest BCUT2D eigenvalue weighted by Gasteiger charge is 2.18. The Kier molecular flexibility index (Phi) is 5.57. The van der Waals surface area contributed by atoms with Gasteiger partial charge in [-0.3, -0.25) is 14.5 Å². The minimum Gasteiger partial charge on any atom is -0.309 e. The molecule has 1 N–H and O–H groups in total. The standard InChI is InChI=1S/C22H24N8O/c1-14-10-15(2)25-22(24-14)30-17(4)19(16(3)27-30)11-21(31)26-20-7-9-29(28-20)13-18-6-5-8-23-12-18/h5-10,12H,11,13H2,1-4H3,(H,26,28,31). The first kappa shape index (κ1) is 20.4. The molecule has 4 heterocycles. The lowest BCUT2D eigenvalue weighted by Gasteiger charge is -2.06. The van der Waals surface area contributed by atoms with E-state index in [2.05, 4.69) is 30.5 Å². The number of anilines is 1. The van der Waals surface area contributed by atoms with E-state index in [1.165, 1.54) is 0 Å². The van der Waals surface area contributed by atoms with E-state index in [4.69, 9.17) is 0 Å². The number of hydrogen-bond donors (Lipinski definition) is 1. The Labute approximate surface area is 180 Å². The van der Waals surface area contributed by atoms with E-state index in [0.29, 0.717) is 18.3 Å². The van der Waals surface area contributed by atoms with Gasteiger partial charge in [0.15, 0.2) is 5.82 Å². The molecule has 1 amide bonds. The Morgan fingerprint density at radius 2 is 1.84 bits per heavy atom. The fourth-order valence-corrected chi connectivity index (χ4v) is 3.47. The van der Waals surface area contributed by atoms with E-state index in [1.807, 2.05) is 52.1 Å². The van der Waals surface area contributed by atoms with Gasteiger partial charge < -0.3 is 5.32 Å². The number of carbonyl (C=O) groups excluding carboxylic acids is 1. The van der Waals surface area contributed by atoms with Gasteiger partial charge >= 0.3 is 0 Å². The van der Waals surface area contributed by atoms with Crippen molar-refractivity contribution in [3.05, 3.63) is 76.8 Å². The molecule has 0 unspecified atom stereocenters. The molecule has 0 aliphatic rings. The maximum Gasteiger partial charge on any atom is 0.251 e. The maximum absolute atomic E-state index is 12.7. The van der Waals surface area contributed by atoms with Gasteiger partial charge in [0, 0.05) is 47.3 Å².